The Bertz CT molecular complexity index is 735. The lowest BCUT2D eigenvalue weighted by atomic mass is 9.52. The average Bonchev–Trinajstić information content (AvgIpc) is 3.24. The van der Waals surface area contributed by atoms with Crippen molar-refractivity contribution >= 4 is 5.97 Å². The van der Waals surface area contributed by atoms with E-state index in [4.69, 9.17) is 0 Å². The molecular weight excluding hydrogens is 284 g/mol. The summed E-state index contributed by atoms with van der Waals surface area (Å²) >= 11 is 0. The summed E-state index contributed by atoms with van der Waals surface area (Å²) in [5.74, 6) is 2.03. The number of allylic oxidation sites excluding steroid dienone is 2. The van der Waals surface area contributed by atoms with Gasteiger partial charge in [-0.3, -0.25) is 4.79 Å². The fraction of sp³-hybridized carbons (Fsp3) is 0.571. The molecule has 23 heavy (non-hydrogen) atoms. The number of benzene rings is 1. The molecule has 0 spiro atoms. The van der Waals surface area contributed by atoms with Gasteiger partial charge in [0, 0.05) is 5.41 Å². The van der Waals surface area contributed by atoms with Crippen molar-refractivity contribution in [2.45, 2.75) is 38.5 Å². The lowest BCUT2D eigenvalue weighted by molar-refractivity contribution is -0.154. The van der Waals surface area contributed by atoms with Gasteiger partial charge in [0.2, 0.25) is 0 Å². The third-order valence-corrected chi connectivity index (χ3v) is 7.98. The highest BCUT2D eigenvalue weighted by Gasteiger charge is 2.74. The van der Waals surface area contributed by atoms with Crippen LogP contribution in [0.5, 0.6) is 0 Å². The van der Waals surface area contributed by atoms with E-state index in [2.05, 4.69) is 43.3 Å². The molecule has 0 amide bonds. The Kier molecular flexibility index (Phi) is 2.46. The van der Waals surface area contributed by atoms with E-state index >= 15 is 0 Å². The van der Waals surface area contributed by atoms with Gasteiger partial charge in [0.25, 0.3) is 0 Å². The summed E-state index contributed by atoms with van der Waals surface area (Å²) in [6.45, 7) is 4.25. The molecule has 3 fully saturated rings. The van der Waals surface area contributed by atoms with Crippen molar-refractivity contribution in [3.63, 3.8) is 0 Å². The summed E-state index contributed by atoms with van der Waals surface area (Å²) < 4.78 is 0. The second kappa shape index (κ2) is 4.09. The zero-order chi connectivity index (χ0) is 16.0. The molecule has 4 bridgehead atoms. The van der Waals surface area contributed by atoms with Gasteiger partial charge in [-0.2, -0.15) is 0 Å². The quantitative estimate of drug-likeness (QED) is 0.657. The van der Waals surface area contributed by atoms with Crippen LogP contribution in [0.2, 0.25) is 0 Å². The molecule has 0 saturated heterocycles. The maximum atomic E-state index is 12.0. The number of carboxylic acid groups (broad SMARTS) is 1. The predicted molar refractivity (Wildman–Crippen MR) is 89.0 cm³/mol. The fourth-order valence-electron chi connectivity index (χ4n) is 7.28. The lowest BCUT2D eigenvalue weighted by Gasteiger charge is -2.50. The zero-order valence-corrected chi connectivity index (χ0v) is 13.8. The monoisotopic (exact) mass is 308 g/mol. The van der Waals surface area contributed by atoms with Crippen LogP contribution in [0, 0.1) is 41.9 Å². The minimum Gasteiger partial charge on any atom is -0.481 e. The van der Waals surface area contributed by atoms with Gasteiger partial charge in [0.05, 0.1) is 5.41 Å². The topological polar surface area (TPSA) is 37.3 Å². The molecule has 1 aromatic carbocycles. The number of aryl methyl sites for hydroxylation is 1. The molecule has 4 aliphatic rings. The van der Waals surface area contributed by atoms with Crippen LogP contribution in [0.4, 0.5) is 0 Å². The number of carboxylic acids is 1. The van der Waals surface area contributed by atoms with E-state index in [9.17, 15) is 9.90 Å². The van der Waals surface area contributed by atoms with E-state index in [1.165, 1.54) is 17.5 Å². The minimum atomic E-state index is -0.574. The van der Waals surface area contributed by atoms with Crippen molar-refractivity contribution < 1.29 is 9.90 Å². The van der Waals surface area contributed by atoms with Gasteiger partial charge in [-0.25, -0.2) is 0 Å². The van der Waals surface area contributed by atoms with Crippen molar-refractivity contribution in [1.82, 2.24) is 0 Å². The molecule has 0 heterocycles. The normalized spacial score (nSPS) is 48.9. The second-order valence-corrected chi connectivity index (χ2v) is 8.63. The van der Waals surface area contributed by atoms with E-state index in [0.717, 1.165) is 12.8 Å². The average molecular weight is 308 g/mol. The summed E-state index contributed by atoms with van der Waals surface area (Å²) in [6, 6.07) is 8.86. The lowest BCUT2D eigenvalue weighted by Crippen LogP contribution is -2.51. The van der Waals surface area contributed by atoms with Crippen molar-refractivity contribution in [3.05, 3.63) is 47.5 Å². The first kappa shape index (κ1) is 13.8. The molecule has 2 nitrogen and oxygen atoms in total. The van der Waals surface area contributed by atoms with E-state index in [0.29, 0.717) is 29.6 Å². The smallest absolute Gasteiger partial charge is 0.309 e. The van der Waals surface area contributed by atoms with Crippen molar-refractivity contribution in [2.75, 3.05) is 0 Å². The van der Waals surface area contributed by atoms with Crippen LogP contribution in [-0.4, -0.2) is 11.1 Å². The summed E-state index contributed by atoms with van der Waals surface area (Å²) in [6.07, 6.45) is 8.05. The SMILES string of the molecule is Cc1ccccc1C12C3C=CC(C3)C1C1CC2CC1(C)C(=O)O. The Morgan fingerprint density at radius 1 is 1.22 bits per heavy atom. The van der Waals surface area contributed by atoms with Gasteiger partial charge in [-0.15, -0.1) is 0 Å². The number of hydrogen-bond acceptors (Lipinski definition) is 1. The van der Waals surface area contributed by atoms with E-state index < -0.39 is 11.4 Å². The Hall–Kier alpha value is -1.57. The fourth-order valence-corrected chi connectivity index (χ4v) is 7.28. The molecule has 0 aliphatic heterocycles. The van der Waals surface area contributed by atoms with Crippen LogP contribution in [0.1, 0.15) is 37.3 Å². The number of rotatable bonds is 2. The van der Waals surface area contributed by atoms with Gasteiger partial charge in [0.1, 0.15) is 0 Å². The molecule has 1 aromatic rings. The summed E-state index contributed by atoms with van der Waals surface area (Å²) in [4.78, 5) is 12.0. The summed E-state index contributed by atoms with van der Waals surface area (Å²) in [5, 5.41) is 9.88. The molecule has 5 rings (SSSR count). The first-order chi connectivity index (χ1) is 11.0. The van der Waals surface area contributed by atoms with Crippen molar-refractivity contribution in [3.8, 4) is 0 Å². The first-order valence-corrected chi connectivity index (χ1v) is 8.97. The Labute approximate surface area is 137 Å². The summed E-state index contributed by atoms with van der Waals surface area (Å²) in [5.41, 5.74) is 2.61. The van der Waals surface area contributed by atoms with Crippen LogP contribution in [0.3, 0.4) is 0 Å². The highest BCUT2D eigenvalue weighted by Crippen LogP contribution is 2.76. The largest absolute Gasteiger partial charge is 0.481 e. The highest BCUT2D eigenvalue weighted by atomic mass is 16.4. The molecule has 120 valence electrons. The van der Waals surface area contributed by atoms with Crippen molar-refractivity contribution in [1.29, 1.82) is 0 Å². The molecule has 7 atom stereocenters. The maximum absolute atomic E-state index is 12.0. The molecule has 4 aliphatic carbocycles. The molecule has 2 heteroatoms. The van der Waals surface area contributed by atoms with Gasteiger partial charge < -0.3 is 5.11 Å². The van der Waals surface area contributed by atoms with E-state index in [-0.39, 0.29) is 5.41 Å². The Balaban J connectivity index is 1.72. The van der Waals surface area contributed by atoms with E-state index in [1.807, 2.05) is 6.92 Å². The maximum Gasteiger partial charge on any atom is 0.309 e. The minimum absolute atomic E-state index is 0.213. The van der Waals surface area contributed by atoms with Gasteiger partial charge in [-0.05, 0) is 73.8 Å². The van der Waals surface area contributed by atoms with Crippen LogP contribution in [-0.2, 0) is 10.2 Å². The molecule has 0 radical (unpaired) electrons. The van der Waals surface area contributed by atoms with Crippen molar-refractivity contribution in [2.24, 2.45) is 35.0 Å². The van der Waals surface area contributed by atoms with Gasteiger partial charge in [0.15, 0.2) is 0 Å². The molecule has 7 unspecified atom stereocenters. The van der Waals surface area contributed by atoms with Crippen LogP contribution < -0.4 is 0 Å². The molecule has 3 saturated carbocycles. The van der Waals surface area contributed by atoms with Crippen LogP contribution in [0.25, 0.3) is 0 Å². The first-order valence-electron chi connectivity index (χ1n) is 8.97. The number of hydrogen-bond donors (Lipinski definition) is 1. The van der Waals surface area contributed by atoms with E-state index in [1.54, 1.807) is 0 Å². The molecule has 1 N–H and O–H groups in total. The predicted octanol–water partition coefficient (Wildman–Crippen LogP) is 4.19. The third kappa shape index (κ3) is 1.36. The Morgan fingerprint density at radius 2 is 2.00 bits per heavy atom. The van der Waals surface area contributed by atoms with Crippen LogP contribution >= 0.6 is 0 Å². The zero-order valence-electron chi connectivity index (χ0n) is 13.8. The Morgan fingerprint density at radius 3 is 2.74 bits per heavy atom. The summed E-state index contributed by atoms with van der Waals surface area (Å²) in [7, 11) is 0. The standard InChI is InChI=1S/C21H24O2/c1-12-5-3-4-6-16(12)21-14-8-7-13(9-14)18(21)17-10-15(21)11-20(17,2)19(22)23/h3-8,13-15,17-18H,9-11H2,1-2H3,(H,22,23). The van der Waals surface area contributed by atoms with Gasteiger partial charge in [-0.1, -0.05) is 36.4 Å². The number of carbonyl (C=O) groups is 1. The van der Waals surface area contributed by atoms with Crippen LogP contribution in [0.15, 0.2) is 36.4 Å². The molecular formula is C21H24O2. The van der Waals surface area contributed by atoms with Gasteiger partial charge >= 0.3 is 5.97 Å². The molecule has 0 aromatic heterocycles. The second-order valence-electron chi connectivity index (χ2n) is 8.63. The third-order valence-electron chi connectivity index (χ3n) is 7.98. The number of fused-ring (bicyclic) bond motifs is 9. The number of aliphatic carboxylic acids is 1. The highest BCUT2D eigenvalue weighted by molar-refractivity contribution is 5.76.